The highest BCUT2D eigenvalue weighted by Gasteiger charge is 2.44. The number of halogens is 1. The molecule has 0 spiro atoms. The number of carbonyl (C=O) groups excluding carboxylic acids is 2. The Morgan fingerprint density at radius 3 is 2.66 bits per heavy atom. The Bertz CT molecular complexity index is 824. The highest BCUT2D eigenvalue weighted by Crippen LogP contribution is 2.36. The molecule has 1 aromatic carbocycles. The van der Waals surface area contributed by atoms with Gasteiger partial charge in [0.05, 0.1) is 24.9 Å². The SMILES string of the molecule is CCCOC(=O)Nc1ccc(N2CCCC(OC(=O)N3C4CCC3CC(O)C4)C2)c(F)c1. The lowest BCUT2D eigenvalue weighted by molar-refractivity contribution is 0.00640. The largest absolute Gasteiger partial charge is 0.449 e. The molecule has 8 nitrogen and oxygen atoms in total. The molecule has 3 aliphatic heterocycles. The molecule has 2 N–H and O–H groups in total. The number of aliphatic hydroxyl groups is 1. The van der Waals surface area contributed by atoms with Gasteiger partial charge in [0.25, 0.3) is 0 Å². The van der Waals surface area contributed by atoms with E-state index in [0.717, 1.165) is 25.7 Å². The minimum absolute atomic E-state index is 0.0532. The number of nitrogens with one attached hydrogen (secondary N) is 1. The number of hydrogen-bond acceptors (Lipinski definition) is 6. The molecule has 32 heavy (non-hydrogen) atoms. The van der Waals surface area contributed by atoms with Crippen LogP contribution in [0.4, 0.5) is 25.4 Å². The van der Waals surface area contributed by atoms with E-state index in [1.165, 1.54) is 6.07 Å². The molecule has 0 aromatic heterocycles. The number of rotatable bonds is 5. The Morgan fingerprint density at radius 2 is 1.97 bits per heavy atom. The van der Waals surface area contributed by atoms with Gasteiger partial charge in [0.1, 0.15) is 11.9 Å². The molecule has 2 amide bonds. The molecule has 9 heteroatoms. The van der Waals surface area contributed by atoms with Gasteiger partial charge in [-0.3, -0.25) is 5.32 Å². The summed E-state index contributed by atoms with van der Waals surface area (Å²) >= 11 is 0. The van der Waals surface area contributed by atoms with Crippen LogP contribution in [0.3, 0.4) is 0 Å². The van der Waals surface area contributed by atoms with Gasteiger partial charge in [0, 0.05) is 24.3 Å². The predicted molar refractivity (Wildman–Crippen MR) is 117 cm³/mol. The fourth-order valence-electron chi connectivity index (χ4n) is 5.09. The van der Waals surface area contributed by atoms with Crippen LogP contribution in [0.15, 0.2) is 18.2 Å². The van der Waals surface area contributed by atoms with Crippen molar-refractivity contribution in [2.75, 3.05) is 29.9 Å². The summed E-state index contributed by atoms with van der Waals surface area (Å²) in [6.07, 6.45) is 3.69. The monoisotopic (exact) mass is 449 g/mol. The van der Waals surface area contributed by atoms with Gasteiger partial charge in [0.15, 0.2) is 0 Å². The average Bonchev–Trinajstić information content (AvgIpc) is 3.04. The summed E-state index contributed by atoms with van der Waals surface area (Å²) in [5.41, 5.74) is 0.745. The molecule has 3 atom stereocenters. The van der Waals surface area contributed by atoms with E-state index in [0.29, 0.717) is 50.3 Å². The van der Waals surface area contributed by atoms with Gasteiger partial charge < -0.3 is 24.4 Å². The van der Waals surface area contributed by atoms with Gasteiger partial charge in [-0.05, 0) is 63.1 Å². The van der Waals surface area contributed by atoms with Crippen LogP contribution in [0.5, 0.6) is 0 Å². The average molecular weight is 450 g/mol. The van der Waals surface area contributed by atoms with Crippen molar-refractivity contribution in [2.24, 2.45) is 0 Å². The maximum atomic E-state index is 14.8. The zero-order valence-corrected chi connectivity index (χ0v) is 18.5. The Balaban J connectivity index is 1.34. The number of anilines is 2. The van der Waals surface area contributed by atoms with Crippen molar-refractivity contribution in [1.82, 2.24) is 4.90 Å². The molecule has 0 radical (unpaired) electrons. The first-order chi connectivity index (χ1) is 15.4. The van der Waals surface area contributed by atoms with Gasteiger partial charge in [-0.15, -0.1) is 0 Å². The van der Waals surface area contributed by atoms with E-state index in [1.807, 2.05) is 16.7 Å². The lowest BCUT2D eigenvalue weighted by atomic mass is 10.0. The lowest BCUT2D eigenvalue weighted by Crippen LogP contribution is -2.50. The van der Waals surface area contributed by atoms with Crippen LogP contribution in [0.2, 0.25) is 0 Å². The Kier molecular flexibility index (Phi) is 7.03. The second kappa shape index (κ2) is 9.94. The molecule has 3 heterocycles. The Hall–Kier alpha value is -2.55. The zero-order chi connectivity index (χ0) is 22.7. The van der Waals surface area contributed by atoms with Gasteiger partial charge in [-0.25, -0.2) is 14.0 Å². The first kappa shape index (κ1) is 22.6. The molecule has 2 bridgehead atoms. The van der Waals surface area contributed by atoms with E-state index in [-0.39, 0.29) is 30.4 Å². The summed E-state index contributed by atoms with van der Waals surface area (Å²) in [6.45, 7) is 3.28. The van der Waals surface area contributed by atoms with Crippen LogP contribution in [-0.4, -0.2) is 66.2 Å². The topological polar surface area (TPSA) is 91.3 Å². The van der Waals surface area contributed by atoms with Crippen molar-refractivity contribution in [2.45, 2.75) is 76.2 Å². The van der Waals surface area contributed by atoms with Crippen LogP contribution < -0.4 is 10.2 Å². The predicted octanol–water partition coefficient (Wildman–Crippen LogP) is 3.88. The number of hydrogen-bond donors (Lipinski definition) is 2. The van der Waals surface area contributed by atoms with E-state index in [9.17, 15) is 19.1 Å². The van der Waals surface area contributed by atoms with Crippen LogP contribution in [0.25, 0.3) is 0 Å². The summed E-state index contributed by atoms with van der Waals surface area (Å²) in [6, 6.07) is 4.64. The van der Waals surface area contributed by atoms with Crippen molar-refractivity contribution in [3.05, 3.63) is 24.0 Å². The van der Waals surface area contributed by atoms with Crippen molar-refractivity contribution in [3.63, 3.8) is 0 Å². The highest BCUT2D eigenvalue weighted by molar-refractivity contribution is 5.85. The second-order valence-corrected chi connectivity index (χ2v) is 8.94. The van der Waals surface area contributed by atoms with Crippen LogP contribution in [-0.2, 0) is 9.47 Å². The van der Waals surface area contributed by atoms with Gasteiger partial charge in [-0.1, -0.05) is 6.92 Å². The maximum Gasteiger partial charge on any atom is 0.411 e. The molecule has 1 aromatic rings. The first-order valence-corrected chi connectivity index (χ1v) is 11.6. The summed E-state index contributed by atoms with van der Waals surface area (Å²) < 4.78 is 25.6. The summed E-state index contributed by atoms with van der Waals surface area (Å²) in [5, 5.41) is 12.5. The molecule has 3 fully saturated rings. The second-order valence-electron chi connectivity index (χ2n) is 8.94. The van der Waals surface area contributed by atoms with E-state index >= 15 is 0 Å². The molecule has 0 saturated carbocycles. The Morgan fingerprint density at radius 1 is 1.22 bits per heavy atom. The molecule has 3 saturated heterocycles. The number of benzene rings is 1. The van der Waals surface area contributed by atoms with E-state index in [2.05, 4.69) is 5.32 Å². The number of aliphatic hydroxyl groups excluding tert-OH is 1. The smallest absolute Gasteiger partial charge is 0.411 e. The minimum Gasteiger partial charge on any atom is -0.449 e. The number of ether oxygens (including phenoxy) is 2. The number of fused-ring (bicyclic) bond motifs is 2. The van der Waals surface area contributed by atoms with Gasteiger partial charge in [0.2, 0.25) is 0 Å². The molecule has 3 aliphatic rings. The summed E-state index contributed by atoms with van der Waals surface area (Å²) in [5.74, 6) is -0.451. The van der Waals surface area contributed by atoms with Gasteiger partial charge >= 0.3 is 12.2 Å². The number of nitrogens with zero attached hydrogens (tertiary/aromatic N) is 2. The third kappa shape index (κ3) is 5.09. The zero-order valence-electron chi connectivity index (χ0n) is 18.5. The third-order valence-corrected chi connectivity index (χ3v) is 6.54. The van der Waals surface area contributed by atoms with Crippen molar-refractivity contribution in [1.29, 1.82) is 0 Å². The van der Waals surface area contributed by atoms with Crippen LogP contribution in [0.1, 0.15) is 51.9 Å². The van der Waals surface area contributed by atoms with E-state index in [1.54, 1.807) is 12.1 Å². The van der Waals surface area contributed by atoms with Crippen molar-refractivity contribution >= 4 is 23.6 Å². The maximum absolute atomic E-state index is 14.8. The molecule has 4 rings (SSSR count). The molecule has 176 valence electrons. The fraction of sp³-hybridized carbons (Fsp3) is 0.652. The summed E-state index contributed by atoms with van der Waals surface area (Å²) in [4.78, 5) is 28.2. The molecular formula is C23H32FN3O5. The summed E-state index contributed by atoms with van der Waals surface area (Å²) in [7, 11) is 0. The molecular weight excluding hydrogens is 417 g/mol. The van der Waals surface area contributed by atoms with Crippen LogP contribution >= 0.6 is 0 Å². The fourth-order valence-corrected chi connectivity index (χ4v) is 5.09. The standard InChI is InChI=1S/C23H32FN3O5/c1-2-10-31-22(29)25-15-5-8-21(20(24)11-15)26-9-3-4-19(14-26)32-23(30)27-16-6-7-17(27)13-18(28)12-16/h5,8,11,16-19,28H,2-4,6-7,9-10,12-14H2,1H3,(H,25,29). The van der Waals surface area contributed by atoms with Crippen LogP contribution in [0, 0.1) is 5.82 Å². The van der Waals surface area contributed by atoms with Gasteiger partial charge in [-0.2, -0.15) is 0 Å². The third-order valence-electron chi connectivity index (χ3n) is 6.54. The van der Waals surface area contributed by atoms with E-state index < -0.39 is 11.9 Å². The molecule has 3 unspecified atom stereocenters. The number of amides is 2. The number of piperidine rings is 2. The van der Waals surface area contributed by atoms with Crippen molar-refractivity contribution in [3.8, 4) is 0 Å². The molecule has 0 aliphatic carbocycles. The van der Waals surface area contributed by atoms with E-state index in [4.69, 9.17) is 9.47 Å². The highest BCUT2D eigenvalue weighted by atomic mass is 19.1. The van der Waals surface area contributed by atoms with Crippen molar-refractivity contribution < 1.29 is 28.6 Å². The Labute approximate surface area is 187 Å². The quantitative estimate of drug-likeness (QED) is 0.709. The first-order valence-electron chi connectivity index (χ1n) is 11.6. The lowest BCUT2D eigenvalue weighted by Gasteiger charge is -2.39. The normalized spacial score (nSPS) is 27.2. The minimum atomic E-state index is -0.608. The number of carbonyl (C=O) groups is 2.